The summed E-state index contributed by atoms with van der Waals surface area (Å²) < 4.78 is 2.07. The molecule has 104 valence electrons. The molecule has 0 amide bonds. The maximum absolute atomic E-state index is 5.99. The lowest BCUT2D eigenvalue weighted by molar-refractivity contribution is 0.499. The highest BCUT2D eigenvalue weighted by Gasteiger charge is 2.15. The van der Waals surface area contributed by atoms with Crippen LogP contribution in [-0.4, -0.2) is 4.98 Å². The minimum absolute atomic E-state index is 0.225. The van der Waals surface area contributed by atoms with E-state index in [1.165, 1.54) is 9.58 Å². The molecule has 0 aliphatic heterocycles. The molecule has 0 aliphatic rings. The van der Waals surface area contributed by atoms with Gasteiger partial charge in [0, 0.05) is 10.9 Å². The Morgan fingerprint density at radius 2 is 1.85 bits per heavy atom. The van der Waals surface area contributed by atoms with E-state index in [2.05, 4.69) is 43.4 Å². The first-order valence-electron chi connectivity index (χ1n) is 6.50. The molecule has 2 atom stereocenters. The molecule has 0 saturated carbocycles. The predicted octanol–water partition coefficient (Wildman–Crippen LogP) is 5.42. The van der Waals surface area contributed by atoms with Crippen LogP contribution < -0.4 is 5.32 Å². The molecule has 0 aliphatic carbocycles. The summed E-state index contributed by atoms with van der Waals surface area (Å²) in [6.07, 6.45) is 0. The Balaban J connectivity index is 1.76. The van der Waals surface area contributed by atoms with E-state index in [9.17, 15) is 0 Å². The zero-order valence-corrected chi connectivity index (χ0v) is 13.6. The highest BCUT2D eigenvalue weighted by Crippen LogP contribution is 2.30. The third kappa shape index (κ3) is 2.88. The van der Waals surface area contributed by atoms with Crippen molar-refractivity contribution in [3.05, 3.63) is 50.6 Å². The maximum atomic E-state index is 5.99. The fourth-order valence-electron chi connectivity index (χ4n) is 2.16. The van der Waals surface area contributed by atoms with Gasteiger partial charge >= 0.3 is 0 Å². The number of benzene rings is 1. The van der Waals surface area contributed by atoms with Gasteiger partial charge in [0.25, 0.3) is 0 Å². The molecule has 0 fully saturated rings. The molecule has 1 aromatic carbocycles. The third-order valence-electron chi connectivity index (χ3n) is 3.20. The van der Waals surface area contributed by atoms with E-state index >= 15 is 0 Å². The Bertz CT molecular complexity index is 686. The predicted molar refractivity (Wildman–Crippen MR) is 88.9 cm³/mol. The number of halogens is 1. The molecule has 20 heavy (non-hydrogen) atoms. The van der Waals surface area contributed by atoms with Crippen molar-refractivity contribution in [3.8, 4) is 0 Å². The quantitative estimate of drug-likeness (QED) is 0.693. The average Bonchev–Trinajstić information content (AvgIpc) is 3.04. The Morgan fingerprint density at radius 1 is 1.05 bits per heavy atom. The maximum Gasteiger partial charge on any atom is 0.111 e. The second-order valence-corrected chi connectivity index (χ2v) is 7.58. The van der Waals surface area contributed by atoms with Crippen LogP contribution in [-0.2, 0) is 0 Å². The molecule has 5 heteroatoms. The van der Waals surface area contributed by atoms with E-state index in [0.717, 1.165) is 14.9 Å². The largest absolute Gasteiger partial charge is 0.301 e. The van der Waals surface area contributed by atoms with Crippen LogP contribution in [0, 0.1) is 0 Å². The first-order valence-corrected chi connectivity index (χ1v) is 8.51. The van der Waals surface area contributed by atoms with E-state index in [0.29, 0.717) is 0 Å². The van der Waals surface area contributed by atoms with Gasteiger partial charge in [0.15, 0.2) is 0 Å². The summed E-state index contributed by atoms with van der Waals surface area (Å²) in [4.78, 5) is 5.95. The number of hydrogen-bond donors (Lipinski definition) is 1. The number of thiophene rings is 1. The minimum Gasteiger partial charge on any atom is -0.301 e. The molecule has 2 unspecified atom stereocenters. The first-order chi connectivity index (χ1) is 9.63. The summed E-state index contributed by atoms with van der Waals surface area (Å²) in [7, 11) is 0. The van der Waals surface area contributed by atoms with E-state index in [1.807, 2.05) is 12.1 Å². The molecular weight excluding hydrogens is 308 g/mol. The van der Waals surface area contributed by atoms with E-state index in [4.69, 9.17) is 16.6 Å². The van der Waals surface area contributed by atoms with Gasteiger partial charge in [0.05, 0.1) is 20.6 Å². The molecule has 3 rings (SSSR count). The molecule has 0 spiro atoms. The van der Waals surface area contributed by atoms with E-state index in [-0.39, 0.29) is 12.1 Å². The number of fused-ring (bicyclic) bond motifs is 1. The van der Waals surface area contributed by atoms with Gasteiger partial charge in [-0.15, -0.1) is 22.7 Å². The van der Waals surface area contributed by atoms with E-state index < -0.39 is 0 Å². The molecule has 3 aromatic rings. The van der Waals surface area contributed by atoms with Crippen molar-refractivity contribution in [2.24, 2.45) is 0 Å². The standard InChI is InChI=1S/C15H15ClN2S2/c1-9(12-7-8-14(16)19-12)17-10(2)15-18-11-5-3-4-6-13(11)20-15/h3-10,17H,1-2H3. The lowest BCUT2D eigenvalue weighted by Crippen LogP contribution is -2.21. The molecule has 2 nitrogen and oxygen atoms in total. The van der Waals surface area contributed by atoms with Crippen molar-refractivity contribution in [1.29, 1.82) is 0 Å². The second-order valence-electron chi connectivity index (χ2n) is 4.77. The van der Waals surface area contributed by atoms with Crippen molar-refractivity contribution in [3.63, 3.8) is 0 Å². The molecule has 2 heterocycles. The minimum atomic E-state index is 0.225. The Labute approximate surface area is 131 Å². The number of hydrogen-bond acceptors (Lipinski definition) is 4. The van der Waals surface area contributed by atoms with Crippen LogP contribution in [0.15, 0.2) is 36.4 Å². The fraction of sp³-hybridized carbons (Fsp3) is 0.267. The Morgan fingerprint density at radius 3 is 2.55 bits per heavy atom. The van der Waals surface area contributed by atoms with Crippen molar-refractivity contribution >= 4 is 44.5 Å². The van der Waals surface area contributed by atoms with Gasteiger partial charge in [-0.3, -0.25) is 0 Å². The van der Waals surface area contributed by atoms with Gasteiger partial charge in [-0.1, -0.05) is 23.7 Å². The average molecular weight is 323 g/mol. The van der Waals surface area contributed by atoms with Gasteiger partial charge < -0.3 is 5.32 Å². The summed E-state index contributed by atoms with van der Waals surface area (Å²) in [5, 5.41) is 4.71. The van der Waals surface area contributed by atoms with Crippen molar-refractivity contribution in [2.75, 3.05) is 0 Å². The zero-order chi connectivity index (χ0) is 14.1. The fourth-order valence-corrected chi connectivity index (χ4v) is 4.22. The molecule has 0 radical (unpaired) electrons. The highest BCUT2D eigenvalue weighted by molar-refractivity contribution is 7.18. The number of nitrogens with zero attached hydrogens (tertiary/aromatic N) is 1. The Hall–Kier alpha value is -0.940. The SMILES string of the molecule is CC(NC(C)c1nc2ccccc2s1)c1ccc(Cl)s1. The zero-order valence-electron chi connectivity index (χ0n) is 11.3. The summed E-state index contributed by atoms with van der Waals surface area (Å²) in [5.41, 5.74) is 1.08. The number of aromatic nitrogens is 1. The smallest absolute Gasteiger partial charge is 0.111 e. The van der Waals surface area contributed by atoms with Crippen LogP contribution in [0.4, 0.5) is 0 Å². The molecule has 0 bridgehead atoms. The van der Waals surface area contributed by atoms with Crippen LogP contribution >= 0.6 is 34.3 Å². The topological polar surface area (TPSA) is 24.9 Å². The molecular formula is C15H15ClN2S2. The van der Waals surface area contributed by atoms with Crippen LogP contribution in [0.2, 0.25) is 4.34 Å². The number of nitrogens with one attached hydrogen (secondary N) is 1. The van der Waals surface area contributed by atoms with Gasteiger partial charge in [-0.25, -0.2) is 4.98 Å². The number of rotatable bonds is 4. The van der Waals surface area contributed by atoms with Gasteiger partial charge in [-0.2, -0.15) is 0 Å². The highest BCUT2D eigenvalue weighted by atomic mass is 35.5. The monoisotopic (exact) mass is 322 g/mol. The lowest BCUT2D eigenvalue weighted by atomic mass is 10.2. The lowest BCUT2D eigenvalue weighted by Gasteiger charge is -2.17. The molecule has 0 saturated heterocycles. The number of thiazole rings is 1. The molecule has 1 N–H and O–H groups in total. The number of para-hydroxylation sites is 1. The summed E-state index contributed by atoms with van der Waals surface area (Å²) in [6.45, 7) is 4.31. The van der Waals surface area contributed by atoms with E-state index in [1.54, 1.807) is 22.7 Å². The second kappa shape index (κ2) is 5.82. The van der Waals surface area contributed by atoms with Crippen LogP contribution in [0.3, 0.4) is 0 Å². The van der Waals surface area contributed by atoms with Crippen molar-refractivity contribution < 1.29 is 0 Å². The third-order valence-corrected chi connectivity index (χ3v) is 5.83. The Kier molecular flexibility index (Phi) is 4.08. The normalized spacial score (nSPS) is 14.6. The summed E-state index contributed by atoms with van der Waals surface area (Å²) >= 11 is 9.37. The van der Waals surface area contributed by atoms with Gasteiger partial charge in [0.2, 0.25) is 0 Å². The first kappa shape index (κ1) is 14.0. The van der Waals surface area contributed by atoms with Crippen LogP contribution in [0.1, 0.15) is 35.8 Å². The van der Waals surface area contributed by atoms with Gasteiger partial charge in [0.1, 0.15) is 5.01 Å². The van der Waals surface area contributed by atoms with Crippen molar-refractivity contribution in [1.82, 2.24) is 10.3 Å². The van der Waals surface area contributed by atoms with Crippen LogP contribution in [0.5, 0.6) is 0 Å². The van der Waals surface area contributed by atoms with Gasteiger partial charge in [-0.05, 0) is 38.1 Å². The van der Waals surface area contributed by atoms with Crippen molar-refractivity contribution in [2.45, 2.75) is 25.9 Å². The van der Waals surface area contributed by atoms with Crippen LogP contribution in [0.25, 0.3) is 10.2 Å². The summed E-state index contributed by atoms with van der Waals surface area (Å²) in [5.74, 6) is 0. The summed E-state index contributed by atoms with van der Waals surface area (Å²) in [6, 6.07) is 12.8. The molecule has 2 aromatic heterocycles.